The Kier molecular flexibility index (Phi) is 6.17. The fraction of sp³-hybridized carbons (Fsp3) is 0.600. The molecule has 4 nitrogen and oxygen atoms in total. The number of nitrogens with one attached hydrogen (secondary N) is 2. The van der Waals surface area contributed by atoms with Gasteiger partial charge >= 0.3 is 0 Å². The standard InChI is InChI=1S/C15H26N2O2S/c1-6-7-16-10-14-9-15(13(5)8-12(14)4)20(18,19)17-11(2)3/h8-9,11,16-17H,6-7,10H2,1-5H3. The summed E-state index contributed by atoms with van der Waals surface area (Å²) in [6.45, 7) is 11.2. The van der Waals surface area contributed by atoms with Crippen LogP contribution in [0.4, 0.5) is 0 Å². The zero-order chi connectivity index (χ0) is 15.3. The third-order valence-electron chi connectivity index (χ3n) is 3.06. The van der Waals surface area contributed by atoms with Crippen LogP contribution in [-0.2, 0) is 16.6 Å². The largest absolute Gasteiger partial charge is 0.313 e. The van der Waals surface area contributed by atoms with E-state index in [1.807, 2.05) is 33.8 Å². The molecule has 0 saturated heterocycles. The van der Waals surface area contributed by atoms with Crippen LogP contribution < -0.4 is 10.0 Å². The van der Waals surface area contributed by atoms with Crippen molar-refractivity contribution in [3.05, 3.63) is 28.8 Å². The van der Waals surface area contributed by atoms with Crippen LogP contribution in [-0.4, -0.2) is 21.0 Å². The second-order valence-electron chi connectivity index (χ2n) is 5.50. The van der Waals surface area contributed by atoms with E-state index in [0.29, 0.717) is 11.4 Å². The Morgan fingerprint density at radius 2 is 1.80 bits per heavy atom. The molecular weight excluding hydrogens is 272 g/mol. The van der Waals surface area contributed by atoms with E-state index in [9.17, 15) is 8.42 Å². The van der Waals surface area contributed by atoms with Gasteiger partial charge in [-0.2, -0.15) is 0 Å². The molecule has 0 radical (unpaired) electrons. The molecule has 0 aliphatic carbocycles. The molecular formula is C15H26N2O2S. The van der Waals surface area contributed by atoms with Gasteiger partial charge < -0.3 is 5.32 Å². The summed E-state index contributed by atoms with van der Waals surface area (Å²) in [4.78, 5) is 0.380. The topological polar surface area (TPSA) is 58.2 Å². The predicted molar refractivity (Wildman–Crippen MR) is 83.4 cm³/mol. The van der Waals surface area contributed by atoms with Crippen molar-refractivity contribution in [2.24, 2.45) is 0 Å². The van der Waals surface area contributed by atoms with Crippen molar-refractivity contribution in [2.75, 3.05) is 6.54 Å². The van der Waals surface area contributed by atoms with Crippen LogP contribution in [0.3, 0.4) is 0 Å². The molecule has 2 N–H and O–H groups in total. The van der Waals surface area contributed by atoms with Gasteiger partial charge in [-0.3, -0.25) is 0 Å². The first-order chi connectivity index (χ1) is 9.27. The number of sulfonamides is 1. The summed E-state index contributed by atoms with van der Waals surface area (Å²) in [6, 6.07) is 3.62. The predicted octanol–water partition coefficient (Wildman–Crippen LogP) is 2.49. The molecule has 0 spiro atoms. The van der Waals surface area contributed by atoms with Gasteiger partial charge in [-0.15, -0.1) is 0 Å². The van der Waals surface area contributed by atoms with Gasteiger partial charge in [-0.25, -0.2) is 13.1 Å². The summed E-state index contributed by atoms with van der Waals surface area (Å²) in [5, 5.41) is 3.32. The Labute approximate surface area is 123 Å². The molecule has 114 valence electrons. The molecule has 0 fully saturated rings. The summed E-state index contributed by atoms with van der Waals surface area (Å²) in [5.74, 6) is 0. The first-order valence-electron chi connectivity index (χ1n) is 7.11. The number of rotatable bonds is 7. The van der Waals surface area contributed by atoms with Gasteiger partial charge in [0.05, 0.1) is 4.90 Å². The number of aryl methyl sites for hydroxylation is 2. The number of hydrogen-bond donors (Lipinski definition) is 2. The molecule has 0 aromatic heterocycles. The summed E-state index contributed by atoms with van der Waals surface area (Å²) in [7, 11) is -3.44. The van der Waals surface area contributed by atoms with E-state index in [-0.39, 0.29) is 6.04 Å². The normalized spacial score (nSPS) is 12.1. The van der Waals surface area contributed by atoms with Gasteiger partial charge in [0.1, 0.15) is 0 Å². The highest BCUT2D eigenvalue weighted by Crippen LogP contribution is 2.20. The Bertz CT molecular complexity index is 551. The zero-order valence-corrected chi connectivity index (χ0v) is 13.9. The Balaban J connectivity index is 3.11. The maximum Gasteiger partial charge on any atom is 0.241 e. The molecule has 0 aliphatic heterocycles. The lowest BCUT2D eigenvalue weighted by molar-refractivity contribution is 0.569. The third-order valence-corrected chi connectivity index (χ3v) is 4.86. The fourth-order valence-corrected chi connectivity index (χ4v) is 3.66. The van der Waals surface area contributed by atoms with Crippen molar-refractivity contribution in [3.63, 3.8) is 0 Å². The van der Waals surface area contributed by atoms with Crippen molar-refractivity contribution < 1.29 is 8.42 Å². The van der Waals surface area contributed by atoms with E-state index in [4.69, 9.17) is 0 Å². The van der Waals surface area contributed by atoms with Crippen LogP contribution in [0.15, 0.2) is 17.0 Å². The van der Waals surface area contributed by atoms with Crippen LogP contribution in [0.1, 0.15) is 43.9 Å². The average molecular weight is 298 g/mol. The molecule has 0 bridgehead atoms. The van der Waals surface area contributed by atoms with Gasteiger partial charge in [0, 0.05) is 12.6 Å². The van der Waals surface area contributed by atoms with Crippen molar-refractivity contribution in [3.8, 4) is 0 Å². The van der Waals surface area contributed by atoms with Gasteiger partial charge in [0.15, 0.2) is 0 Å². The van der Waals surface area contributed by atoms with Crippen LogP contribution in [0.5, 0.6) is 0 Å². The minimum absolute atomic E-state index is 0.109. The lowest BCUT2D eigenvalue weighted by atomic mass is 10.1. The molecule has 1 rings (SSSR count). The van der Waals surface area contributed by atoms with Crippen LogP contribution in [0, 0.1) is 13.8 Å². The second kappa shape index (κ2) is 7.20. The minimum atomic E-state index is -3.44. The number of hydrogen-bond acceptors (Lipinski definition) is 3. The first-order valence-corrected chi connectivity index (χ1v) is 8.59. The van der Waals surface area contributed by atoms with Crippen molar-refractivity contribution in [2.45, 2.75) is 58.5 Å². The van der Waals surface area contributed by atoms with Gasteiger partial charge in [0.2, 0.25) is 10.0 Å². The Morgan fingerprint density at radius 1 is 1.15 bits per heavy atom. The van der Waals surface area contributed by atoms with Gasteiger partial charge in [0.25, 0.3) is 0 Å². The number of benzene rings is 1. The van der Waals surface area contributed by atoms with Gasteiger partial charge in [-0.05, 0) is 63.4 Å². The molecule has 0 amide bonds. The third kappa shape index (κ3) is 4.58. The molecule has 0 aliphatic rings. The highest BCUT2D eigenvalue weighted by Gasteiger charge is 2.19. The second-order valence-corrected chi connectivity index (χ2v) is 7.18. The zero-order valence-electron chi connectivity index (χ0n) is 13.1. The molecule has 1 aromatic carbocycles. The fourth-order valence-electron chi connectivity index (χ4n) is 2.13. The smallest absolute Gasteiger partial charge is 0.241 e. The molecule has 1 aromatic rings. The molecule has 20 heavy (non-hydrogen) atoms. The first kappa shape index (κ1) is 17.1. The highest BCUT2D eigenvalue weighted by atomic mass is 32.2. The maximum atomic E-state index is 12.3. The highest BCUT2D eigenvalue weighted by molar-refractivity contribution is 7.89. The molecule has 0 unspecified atom stereocenters. The summed E-state index contributed by atoms with van der Waals surface area (Å²) < 4.78 is 27.3. The van der Waals surface area contributed by atoms with E-state index < -0.39 is 10.0 Å². The molecule has 0 atom stereocenters. The van der Waals surface area contributed by atoms with Crippen molar-refractivity contribution in [1.82, 2.24) is 10.0 Å². The van der Waals surface area contributed by atoms with Crippen LogP contribution in [0.25, 0.3) is 0 Å². The van der Waals surface area contributed by atoms with E-state index in [2.05, 4.69) is 17.0 Å². The average Bonchev–Trinajstić information content (AvgIpc) is 2.30. The quantitative estimate of drug-likeness (QED) is 0.760. The molecule has 0 saturated carbocycles. The SMILES string of the molecule is CCCNCc1cc(S(=O)(=O)NC(C)C)c(C)cc1C. The minimum Gasteiger partial charge on any atom is -0.313 e. The van der Waals surface area contributed by atoms with Crippen LogP contribution >= 0.6 is 0 Å². The lowest BCUT2D eigenvalue weighted by Gasteiger charge is -2.15. The van der Waals surface area contributed by atoms with Gasteiger partial charge in [-0.1, -0.05) is 13.0 Å². The Morgan fingerprint density at radius 3 is 2.35 bits per heavy atom. The van der Waals surface area contributed by atoms with E-state index in [1.165, 1.54) is 0 Å². The van der Waals surface area contributed by atoms with Crippen LogP contribution in [0.2, 0.25) is 0 Å². The van der Waals surface area contributed by atoms with Crippen molar-refractivity contribution in [1.29, 1.82) is 0 Å². The summed E-state index contributed by atoms with van der Waals surface area (Å²) >= 11 is 0. The van der Waals surface area contributed by atoms with E-state index in [0.717, 1.165) is 29.7 Å². The van der Waals surface area contributed by atoms with Crippen molar-refractivity contribution >= 4 is 10.0 Å². The maximum absolute atomic E-state index is 12.3. The Hall–Kier alpha value is -0.910. The lowest BCUT2D eigenvalue weighted by Crippen LogP contribution is -2.31. The van der Waals surface area contributed by atoms with E-state index >= 15 is 0 Å². The molecule has 5 heteroatoms. The monoisotopic (exact) mass is 298 g/mol. The summed E-state index contributed by atoms with van der Waals surface area (Å²) in [6.07, 6.45) is 1.06. The molecule has 0 heterocycles. The summed E-state index contributed by atoms with van der Waals surface area (Å²) in [5.41, 5.74) is 2.94. The van der Waals surface area contributed by atoms with E-state index in [1.54, 1.807) is 6.07 Å².